The Morgan fingerprint density at radius 2 is 0.782 bits per heavy atom. The Balaban J connectivity index is 5.30. The number of nitrogens with zero attached hydrogens (tertiary/aromatic N) is 1. The smallest absolute Gasteiger partial charge is 0.306 e. The molecule has 0 aliphatic heterocycles. The van der Waals surface area contributed by atoms with Crippen LogP contribution in [0.3, 0.4) is 0 Å². The van der Waals surface area contributed by atoms with Gasteiger partial charge in [0.25, 0.3) is 7.82 Å². The van der Waals surface area contributed by atoms with Crippen LogP contribution in [0.1, 0.15) is 271 Å². The van der Waals surface area contributed by atoms with Crippen LogP contribution < -0.4 is 10.2 Å². The molecule has 3 atom stereocenters. The zero-order valence-electron chi connectivity index (χ0n) is 51.3. The highest BCUT2D eigenvalue weighted by molar-refractivity contribution is 7.45. The number of carbonyl (C=O) groups excluding carboxylic acids is 2. The first-order valence-corrected chi connectivity index (χ1v) is 33.5. The summed E-state index contributed by atoms with van der Waals surface area (Å²) in [5, 5.41) is 3.02. The second-order valence-electron chi connectivity index (χ2n) is 22.6. The number of ether oxygens (including phenoxy) is 1. The number of allylic oxidation sites excluding steroid dienone is 15. The number of esters is 1. The van der Waals surface area contributed by atoms with Crippen molar-refractivity contribution < 1.29 is 37.3 Å². The molecule has 0 heterocycles. The van der Waals surface area contributed by atoms with E-state index < -0.39 is 26.6 Å². The summed E-state index contributed by atoms with van der Waals surface area (Å²) in [6, 6.07) is -0.910. The minimum atomic E-state index is -4.71. The van der Waals surface area contributed by atoms with Crippen LogP contribution in [-0.4, -0.2) is 69.4 Å². The molecule has 78 heavy (non-hydrogen) atoms. The van der Waals surface area contributed by atoms with Crippen molar-refractivity contribution in [2.24, 2.45) is 0 Å². The lowest BCUT2D eigenvalue weighted by Gasteiger charge is -2.30. The summed E-state index contributed by atoms with van der Waals surface area (Å²) < 4.78 is 30.3. The van der Waals surface area contributed by atoms with Crippen molar-refractivity contribution in [3.05, 3.63) is 97.2 Å². The van der Waals surface area contributed by atoms with Crippen molar-refractivity contribution >= 4 is 19.7 Å². The number of hydrogen-bond donors (Lipinski definition) is 1. The van der Waals surface area contributed by atoms with Gasteiger partial charge in [0.05, 0.1) is 33.8 Å². The largest absolute Gasteiger partial charge is 0.756 e. The normalized spacial score (nSPS) is 14.3. The highest BCUT2D eigenvalue weighted by Crippen LogP contribution is 2.38. The summed E-state index contributed by atoms with van der Waals surface area (Å²) in [7, 11) is 1.15. The lowest BCUT2D eigenvalue weighted by molar-refractivity contribution is -0.870. The van der Waals surface area contributed by atoms with Crippen LogP contribution in [0, 0.1) is 0 Å². The van der Waals surface area contributed by atoms with Gasteiger partial charge in [0, 0.05) is 12.8 Å². The highest BCUT2D eigenvalue weighted by atomic mass is 31.2. The third-order valence-electron chi connectivity index (χ3n) is 13.7. The molecular weight excluding hydrogens is 988 g/mol. The van der Waals surface area contributed by atoms with E-state index in [1.807, 2.05) is 33.3 Å². The third kappa shape index (κ3) is 57.6. The van der Waals surface area contributed by atoms with Gasteiger partial charge in [-0.1, -0.05) is 240 Å². The van der Waals surface area contributed by atoms with Crippen LogP contribution in [0.25, 0.3) is 0 Å². The van der Waals surface area contributed by atoms with E-state index in [0.29, 0.717) is 23.9 Å². The average molecular weight is 1110 g/mol. The Bertz CT molecular complexity index is 1660. The molecule has 0 aliphatic rings. The number of nitrogens with one attached hydrogen (secondary N) is 1. The first kappa shape index (κ1) is 74.9. The summed E-state index contributed by atoms with van der Waals surface area (Å²) in [4.78, 5) is 40.0. The van der Waals surface area contributed by atoms with Crippen LogP contribution in [0.4, 0.5) is 0 Å². The van der Waals surface area contributed by atoms with E-state index in [4.69, 9.17) is 13.8 Å². The number of carbonyl (C=O) groups is 2. The number of unbranched alkanes of at least 4 members (excludes halogenated alkanes) is 27. The maximum atomic E-state index is 13.5. The van der Waals surface area contributed by atoms with Crippen molar-refractivity contribution in [2.45, 2.75) is 283 Å². The van der Waals surface area contributed by atoms with Crippen molar-refractivity contribution in [1.82, 2.24) is 5.32 Å². The van der Waals surface area contributed by atoms with Gasteiger partial charge < -0.3 is 28.5 Å². The Hall–Kier alpha value is -3.07. The fraction of sp³-hybridized carbons (Fsp3) is 0.735. The average Bonchev–Trinajstić information content (AvgIpc) is 3.40. The third-order valence-corrected chi connectivity index (χ3v) is 14.7. The summed E-state index contributed by atoms with van der Waals surface area (Å²) in [5.41, 5.74) is 0. The van der Waals surface area contributed by atoms with Crippen molar-refractivity contribution in [1.29, 1.82) is 0 Å². The molecule has 0 saturated heterocycles. The van der Waals surface area contributed by atoms with Crippen LogP contribution in [0.2, 0.25) is 0 Å². The molecule has 3 unspecified atom stereocenters. The number of phosphoric acid groups is 1. The van der Waals surface area contributed by atoms with Crippen LogP contribution in [-0.2, 0) is 27.9 Å². The molecule has 0 rings (SSSR count). The number of phosphoric ester groups is 1. The highest BCUT2D eigenvalue weighted by Gasteiger charge is 2.27. The molecule has 450 valence electrons. The van der Waals surface area contributed by atoms with Gasteiger partial charge in [-0.3, -0.25) is 14.2 Å². The van der Waals surface area contributed by atoms with E-state index >= 15 is 0 Å². The van der Waals surface area contributed by atoms with E-state index in [-0.39, 0.29) is 31.3 Å². The molecule has 9 nitrogen and oxygen atoms in total. The predicted octanol–water partition coefficient (Wildman–Crippen LogP) is 19.3. The van der Waals surface area contributed by atoms with Crippen molar-refractivity contribution in [2.75, 3.05) is 40.9 Å². The molecule has 0 saturated carbocycles. The van der Waals surface area contributed by atoms with Crippen LogP contribution in [0.15, 0.2) is 97.2 Å². The van der Waals surface area contributed by atoms with E-state index in [2.05, 4.69) is 111 Å². The molecule has 1 N–H and O–H groups in total. The topological polar surface area (TPSA) is 114 Å². The minimum Gasteiger partial charge on any atom is -0.756 e. The number of rotatable bonds is 57. The summed E-state index contributed by atoms with van der Waals surface area (Å²) in [6.45, 7) is 6.76. The van der Waals surface area contributed by atoms with E-state index in [9.17, 15) is 19.0 Å². The predicted molar refractivity (Wildman–Crippen MR) is 334 cm³/mol. The van der Waals surface area contributed by atoms with E-state index in [1.165, 1.54) is 103 Å². The maximum absolute atomic E-state index is 13.5. The summed E-state index contributed by atoms with van der Waals surface area (Å²) >= 11 is 0. The Kier molecular flexibility index (Phi) is 54.9. The zero-order chi connectivity index (χ0) is 57.2. The number of quaternary nitrogens is 1. The lowest BCUT2D eigenvalue weighted by atomic mass is 10.0. The quantitative estimate of drug-likeness (QED) is 0.0212. The van der Waals surface area contributed by atoms with Gasteiger partial charge in [-0.15, -0.1) is 0 Å². The molecule has 0 aliphatic carbocycles. The molecule has 0 aromatic heterocycles. The Morgan fingerprint density at radius 1 is 0.449 bits per heavy atom. The fourth-order valence-electron chi connectivity index (χ4n) is 8.75. The van der Waals surface area contributed by atoms with Gasteiger partial charge in [-0.25, -0.2) is 0 Å². The molecule has 1 amide bonds. The summed E-state index contributed by atoms with van der Waals surface area (Å²) in [5.74, 6) is -0.579. The Morgan fingerprint density at radius 3 is 1.19 bits per heavy atom. The monoisotopic (exact) mass is 1110 g/mol. The van der Waals surface area contributed by atoms with Crippen LogP contribution >= 0.6 is 7.82 Å². The molecule has 10 heteroatoms. The molecule has 0 aromatic carbocycles. The molecule has 0 fully saturated rings. The second kappa shape index (κ2) is 57.2. The molecule has 0 radical (unpaired) electrons. The van der Waals surface area contributed by atoms with Gasteiger partial charge in [0.1, 0.15) is 19.3 Å². The van der Waals surface area contributed by atoms with Crippen molar-refractivity contribution in [3.8, 4) is 0 Å². The first-order chi connectivity index (χ1) is 37.9. The number of hydrogen-bond acceptors (Lipinski definition) is 7. The molecule has 0 aromatic rings. The van der Waals surface area contributed by atoms with Gasteiger partial charge in [0.15, 0.2) is 0 Å². The van der Waals surface area contributed by atoms with Gasteiger partial charge >= 0.3 is 5.97 Å². The summed E-state index contributed by atoms with van der Waals surface area (Å²) in [6.07, 6.45) is 76.5. The maximum Gasteiger partial charge on any atom is 0.306 e. The van der Waals surface area contributed by atoms with Crippen molar-refractivity contribution in [3.63, 3.8) is 0 Å². The molecular formula is C68H121N2O7P. The van der Waals surface area contributed by atoms with Gasteiger partial charge in [0.2, 0.25) is 5.91 Å². The van der Waals surface area contributed by atoms with Gasteiger partial charge in [-0.05, 0) is 115 Å². The number of amides is 1. The van der Waals surface area contributed by atoms with Gasteiger partial charge in [-0.2, -0.15) is 0 Å². The standard InChI is InChI=1S/C68H121N2O7P/c1-7-10-13-16-19-22-25-28-30-32-34-35-37-38-40-42-45-48-51-54-57-60-67(71)69-65(64-76-78(73,74)75-63-62-70(4,5)6)66(59-56-53-50-47-44-27-24-21-18-15-12-9-3)77-68(72)61-58-55-52-49-46-43-41-39-36-33-31-29-26-23-20-17-14-11-8-2/h19-20,22-23,28-31,34-36,38-40,56,59,65-66H,7-18,21,24-27,32-33,37,41-55,57-58,60-64H2,1-6H3,(H-,69,71,73,74)/b22-19-,23-20-,30-28-,31-29-,35-34-,39-36-,40-38-,59-56+. The minimum absolute atomic E-state index is 0.0331. The zero-order valence-corrected chi connectivity index (χ0v) is 52.2. The van der Waals surface area contributed by atoms with Crippen LogP contribution in [0.5, 0.6) is 0 Å². The number of likely N-dealkylation sites (N-methyl/N-ethyl adjacent to an activating group) is 1. The molecule has 0 spiro atoms. The fourth-order valence-corrected chi connectivity index (χ4v) is 9.47. The second-order valence-corrected chi connectivity index (χ2v) is 24.0. The Labute approximate surface area is 481 Å². The van der Waals surface area contributed by atoms with E-state index in [0.717, 1.165) is 122 Å². The lowest BCUT2D eigenvalue weighted by Crippen LogP contribution is -2.47. The first-order valence-electron chi connectivity index (χ1n) is 32.0. The SMILES string of the molecule is CCCCC/C=C\C/C=C\C/C=C\C/C=C\CCCCCCCC(=O)NC(COP(=O)([O-])OCC[N+](C)(C)C)C(/C=C/CCCCCCCCCCCC)OC(=O)CCCCCCCC/C=C\C/C=C\C/C=C\CCCCC. The molecule has 0 bridgehead atoms. The van der Waals surface area contributed by atoms with E-state index in [1.54, 1.807) is 0 Å².